The van der Waals surface area contributed by atoms with Crippen molar-refractivity contribution in [2.24, 2.45) is 7.05 Å². The van der Waals surface area contributed by atoms with Crippen LogP contribution in [0.25, 0.3) is 5.69 Å². The molecule has 0 atom stereocenters. The molecule has 28 heavy (non-hydrogen) atoms. The van der Waals surface area contributed by atoms with Gasteiger partial charge in [0.1, 0.15) is 5.82 Å². The molecule has 9 heteroatoms. The molecule has 0 unspecified atom stereocenters. The number of nitrogens with one attached hydrogen (secondary N) is 1. The highest BCUT2D eigenvalue weighted by Gasteiger charge is 2.23. The van der Waals surface area contributed by atoms with Crippen molar-refractivity contribution in [3.8, 4) is 5.69 Å². The van der Waals surface area contributed by atoms with E-state index in [4.69, 9.17) is 0 Å². The summed E-state index contributed by atoms with van der Waals surface area (Å²) >= 11 is 0. The Labute approximate surface area is 160 Å². The van der Waals surface area contributed by atoms with E-state index < -0.39 is 5.69 Å². The summed E-state index contributed by atoms with van der Waals surface area (Å²) in [5, 5.41) is 4.19. The lowest BCUT2D eigenvalue weighted by atomic mass is 10.1. The average molecular weight is 380 g/mol. The summed E-state index contributed by atoms with van der Waals surface area (Å²) in [7, 11) is 1.43. The summed E-state index contributed by atoms with van der Waals surface area (Å²) in [6, 6.07) is 10.6. The molecule has 4 rings (SSSR count). The van der Waals surface area contributed by atoms with Crippen molar-refractivity contribution in [2.45, 2.75) is 0 Å². The molecule has 144 valence electrons. The van der Waals surface area contributed by atoms with Gasteiger partial charge in [-0.15, -0.1) is 0 Å². The fraction of sp³-hybridized carbons (Fsp3) is 0.263. The van der Waals surface area contributed by atoms with E-state index in [1.54, 1.807) is 21.8 Å². The Morgan fingerprint density at radius 3 is 2.54 bits per heavy atom. The van der Waals surface area contributed by atoms with E-state index >= 15 is 0 Å². The number of benzene rings is 1. The molecule has 1 N–H and O–H groups in total. The van der Waals surface area contributed by atoms with Gasteiger partial charge in [-0.3, -0.25) is 19.1 Å². The van der Waals surface area contributed by atoms with Crippen molar-refractivity contribution < 1.29 is 4.79 Å². The highest BCUT2D eigenvalue weighted by atomic mass is 16.2. The van der Waals surface area contributed by atoms with E-state index in [1.165, 1.54) is 13.1 Å². The van der Waals surface area contributed by atoms with Crippen LogP contribution in [0.2, 0.25) is 0 Å². The molecule has 0 spiro atoms. The van der Waals surface area contributed by atoms with Gasteiger partial charge in [0.15, 0.2) is 0 Å². The SMILES string of the molecule is Cn1c(=O)cc(N2CCN(C(=O)c3cccc(-n4cccn4)c3)CC2)[nH]c1=O. The first kappa shape index (κ1) is 17.8. The number of nitrogens with zero attached hydrogens (tertiary/aromatic N) is 5. The molecule has 1 fully saturated rings. The lowest BCUT2D eigenvalue weighted by Crippen LogP contribution is -2.50. The third-order valence-corrected chi connectivity index (χ3v) is 4.90. The highest BCUT2D eigenvalue weighted by molar-refractivity contribution is 5.95. The second-order valence-electron chi connectivity index (χ2n) is 6.64. The topological polar surface area (TPSA) is 96.2 Å². The number of piperazine rings is 1. The number of carbonyl (C=O) groups excluding carboxylic acids is 1. The predicted molar refractivity (Wildman–Crippen MR) is 104 cm³/mol. The number of anilines is 1. The molecular formula is C19H20N6O3. The number of amides is 1. The maximum absolute atomic E-state index is 12.9. The molecule has 0 aliphatic carbocycles. The summed E-state index contributed by atoms with van der Waals surface area (Å²) in [6.45, 7) is 2.07. The van der Waals surface area contributed by atoms with Crippen molar-refractivity contribution in [3.05, 3.63) is 75.2 Å². The zero-order valence-corrected chi connectivity index (χ0v) is 15.4. The third kappa shape index (κ3) is 3.34. The van der Waals surface area contributed by atoms with E-state index in [2.05, 4.69) is 10.1 Å². The lowest BCUT2D eigenvalue weighted by Gasteiger charge is -2.35. The van der Waals surface area contributed by atoms with E-state index in [1.807, 2.05) is 35.4 Å². The summed E-state index contributed by atoms with van der Waals surface area (Å²) in [5.74, 6) is 0.437. The quantitative estimate of drug-likeness (QED) is 0.701. The Balaban J connectivity index is 1.47. The minimum atomic E-state index is -0.448. The standard InChI is InChI=1S/C19H20N6O3/c1-22-17(26)13-16(21-19(22)28)23-8-10-24(11-9-23)18(27)14-4-2-5-15(12-14)25-7-3-6-20-25/h2-7,12-13H,8-11H2,1H3,(H,21,28). The molecule has 0 radical (unpaired) electrons. The lowest BCUT2D eigenvalue weighted by molar-refractivity contribution is 0.0746. The van der Waals surface area contributed by atoms with Gasteiger partial charge >= 0.3 is 5.69 Å². The van der Waals surface area contributed by atoms with Crippen LogP contribution in [0.1, 0.15) is 10.4 Å². The summed E-state index contributed by atoms with van der Waals surface area (Å²) < 4.78 is 2.73. The van der Waals surface area contributed by atoms with Crippen LogP contribution in [-0.4, -0.2) is 56.3 Å². The van der Waals surface area contributed by atoms with Crippen molar-refractivity contribution in [1.82, 2.24) is 24.2 Å². The van der Waals surface area contributed by atoms with Crippen molar-refractivity contribution in [2.75, 3.05) is 31.1 Å². The molecular weight excluding hydrogens is 360 g/mol. The molecule has 0 saturated carbocycles. The summed E-state index contributed by atoms with van der Waals surface area (Å²) in [5.41, 5.74) is 0.625. The van der Waals surface area contributed by atoms with E-state index in [0.717, 1.165) is 10.3 Å². The van der Waals surface area contributed by atoms with E-state index in [9.17, 15) is 14.4 Å². The fourth-order valence-electron chi connectivity index (χ4n) is 3.25. The molecule has 3 heterocycles. The third-order valence-electron chi connectivity index (χ3n) is 4.90. The number of carbonyl (C=O) groups is 1. The Morgan fingerprint density at radius 1 is 1.07 bits per heavy atom. The van der Waals surface area contributed by atoms with Crippen LogP contribution >= 0.6 is 0 Å². The number of hydrogen-bond acceptors (Lipinski definition) is 5. The normalized spacial score (nSPS) is 14.3. The minimum absolute atomic E-state index is 0.0499. The van der Waals surface area contributed by atoms with Gasteiger partial charge in [-0.1, -0.05) is 6.07 Å². The summed E-state index contributed by atoms with van der Waals surface area (Å²) in [6.07, 6.45) is 3.52. The van der Waals surface area contributed by atoms with Crippen LogP contribution in [-0.2, 0) is 7.05 Å². The molecule has 1 saturated heterocycles. The predicted octanol–water partition coefficient (Wildman–Crippen LogP) is 0.222. The van der Waals surface area contributed by atoms with Gasteiger partial charge in [0.2, 0.25) is 0 Å². The smallest absolute Gasteiger partial charge is 0.329 e. The van der Waals surface area contributed by atoms with Gasteiger partial charge in [0.25, 0.3) is 11.5 Å². The molecule has 1 aliphatic heterocycles. The Hall–Kier alpha value is -3.62. The average Bonchev–Trinajstić information content (AvgIpc) is 3.26. The van der Waals surface area contributed by atoms with Crippen molar-refractivity contribution in [1.29, 1.82) is 0 Å². The molecule has 1 aromatic carbocycles. The molecule has 1 amide bonds. The largest absolute Gasteiger partial charge is 0.354 e. The molecule has 3 aromatic rings. The van der Waals surface area contributed by atoms with Gasteiger partial charge in [-0.05, 0) is 24.3 Å². The molecule has 9 nitrogen and oxygen atoms in total. The summed E-state index contributed by atoms with van der Waals surface area (Å²) in [4.78, 5) is 42.9. The van der Waals surface area contributed by atoms with Gasteiger partial charge in [-0.2, -0.15) is 5.10 Å². The zero-order valence-electron chi connectivity index (χ0n) is 15.4. The maximum atomic E-state index is 12.9. The Bertz CT molecular complexity index is 1080. The first-order valence-corrected chi connectivity index (χ1v) is 8.97. The molecule has 2 aromatic heterocycles. The Morgan fingerprint density at radius 2 is 1.86 bits per heavy atom. The van der Waals surface area contributed by atoms with Crippen LogP contribution in [0.4, 0.5) is 5.82 Å². The van der Waals surface area contributed by atoms with E-state index in [0.29, 0.717) is 37.6 Å². The van der Waals surface area contributed by atoms with Crippen LogP contribution in [0.5, 0.6) is 0 Å². The monoisotopic (exact) mass is 380 g/mol. The van der Waals surface area contributed by atoms with Crippen LogP contribution < -0.4 is 16.1 Å². The molecule has 0 bridgehead atoms. The highest BCUT2D eigenvalue weighted by Crippen LogP contribution is 2.15. The number of hydrogen-bond donors (Lipinski definition) is 1. The number of aromatic nitrogens is 4. The van der Waals surface area contributed by atoms with E-state index in [-0.39, 0.29) is 11.5 Å². The van der Waals surface area contributed by atoms with Crippen LogP contribution in [0, 0.1) is 0 Å². The van der Waals surface area contributed by atoms with Gasteiger partial charge in [0.05, 0.1) is 5.69 Å². The second kappa shape index (κ2) is 7.18. The fourth-order valence-corrected chi connectivity index (χ4v) is 3.25. The number of aromatic amines is 1. The Kier molecular flexibility index (Phi) is 4.56. The van der Waals surface area contributed by atoms with Gasteiger partial charge in [0, 0.05) is 57.3 Å². The van der Waals surface area contributed by atoms with Gasteiger partial charge in [-0.25, -0.2) is 9.48 Å². The second-order valence-corrected chi connectivity index (χ2v) is 6.64. The van der Waals surface area contributed by atoms with Gasteiger partial charge < -0.3 is 9.80 Å². The first-order chi connectivity index (χ1) is 13.5. The molecule has 1 aliphatic rings. The zero-order chi connectivity index (χ0) is 19.7. The van der Waals surface area contributed by atoms with Crippen LogP contribution in [0.3, 0.4) is 0 Å². The van der Waals surface area contributed by atoms with Crippen molar-refractivity contribution in [3.63, 3.8) is 0 Å². The first-order valence-electron chi connectivity index (χ1n) is 8.97. The maximum Gasteiger partial charge on any atom is 0.329 e. The minimum Gasteiger partial charge on any atom is -0.354 e. The van der Waals surface area contributed by atoms with Crippen LogP contribution in [0.15, 0.2) is 58.4 Å². The number of H-pyrrole nitrogens is 1. The van der Waals surface area contributed by atoms with Crippen molar-refractivity contribution >= 4 is 11.7 Å². The number of rotatable bonds is 3.